The topological polar surface area (TPSA) is 77.3 Å². The van der Waals surface area contributed by atoms with Gasteiger partial charge in [-0.15, -0.1) is 5.69 Å². The van der Waals surface area contributed by atoms with Gasteiger partial charge in [0.25, 0.3) is 5.91 Å². The first kappa shape index (κ1) is 19.1. The Morgan fingerprint density at radius 1 is 1.00 bits per heavy atom. The van der Waals surface area contributed by atoms with Crippen molar-refractivity contribution in [3.05, 3.63) is 100 Å². The molecule has 0 heterocycles. The molecule has 1 aliphatic carbocycles. The number of hydrogen-bond donors (Lipinski definition) is 1. The third kappa shape index (κ3) is 4.00. The van der Waals surface area contributed by atoms with Gasteiger partial charge < -0.3 is 10.0 Å². The van der Waals surface area contributed by atoms with E-state index in [1.807, 2.05) is 24.3 Å². The highest BCUT2D eigenvalue weighted by Gasteiger charge is 2.24. The molecule has 4 rings (SSSR count). The predicted molar refractivity (Wildman–Crippen MR) is 108 cm³/mol. The average Bonchev–Trinajstić information content (AvgIpc) is 3.11. The molecule has 29 heavy (non-hydrogen) atoms. The highest BCUT2D eigenvalue weighted by Crippen LogP contribution is 2.32. The predicted octanol–water partition coefficient (Wildman–Crippen LogP) is 4.64. The van der Waals surface area contributed by atoms with E-state index in [1.165, 1.54) is 23.8 Å². The van der Waals surface area contributed by atoms with E-state index in [-0.39, 0.29) is 17.3 Å². The van der Waals surface area contributed by atoms with E-state index >= 15 is 0 Å². The van der Waals surface area contributed by atoms with Crippen LogP contribution in [0.3, 0.4) is 0 Å². The molecule has 3 aromatic rings. The van der Waals surface area contributed by atoms with E-state index in [0.717, 1.165) is 30.5 Å². The molecule has 0 saturated heterocycles. The summed E-state index contributed by atoms with van der Waals surface area (Å²) in [5.74, 6) is -1.41. The summed E-state index contributed by atoms with van der Waals surface area (Å²) < 4.78 is 43.1. The summed E-state index contributed by atoms with van der Waals surface area (Å²) in [6.45, 7) is 0. The van der Waals surface area contributed by atoms with Crippen molar-refractivity contribution in [1.82, 2.24) is 5.32 Å². The van der Waals surface area contributed by atoms with Crippen molar-refractivity contribution in [2.45, 2.75) is 23.8 Å². The van der Waals surface area contributed by atoms with Crippen molar-refractivity contribution in [1.29, 1.82) is 0 Å². The molecule has 5 nitrogen and oxygen atoms in total. The molecule has 7 heteroatoms. The third-order valence-corrected chi connectivity index (χ3v) is 6.21. The number of hydrogen-bond acceptors (Lipinski definition) is 3. The minimum atomic E-state index is -4.31. The normalized spacial score (nSPS) is 15.6. The van der Waals surface area contributed by atoms with Gasteiger partial charge in [0, 0.05) is 5.56 Å². The fourth-order valence-electron chi connectivity index (χ4n) is 3.47. The maximum atomic E-state index is 14.3. The fourth-order valence-corrected chi connectivity index (χ4v) is 4.56. The maximum absolute atomic E-state index is 14.3. The third-order valence-electron chi connectivity index (χ3n) is 4.89. The summed E-state index contributed by atoms with van der Waals surface area (Å²) in [5.41, 5.74) is 2.48. The standard InChI is InChI=1S/C22H18FN2O3S/c23-19-12-10-16(14-21(19)29(27,28)25-17-7-2-1-3-8-17)22(26)24-20-13-11-15-6-4-5-9-18(15)20/h1-10,12,14,20H,11,13H2,(H,24,26)/q-1. The largest absolute Gasteiger partial charge is 0.573 e. The lowest BCUT2D eigenvalue weighted by atomic mass is 10.1. The van der Waals surface area contributed by atoms with Crippen LogP contribution >= 0.6 is 0 Å². The van der Waals surface area contributed by atoms with E-state index in [2.05, 4.69) is 10.0 Å². The molecule has 0 bridgehead atoms. The Kier molecular flexibility index (Phi) is 5.07. The second-order valence-corrected chi connectivity index (χ2v) is 8.38. The van der Waals surface area contributed by atoms with Gasteiger partial charge >= 0.3 is 0 Å². The molecular weight excluding hydrogens is 391 g/mol. The molecule has 0 saturated carbocycles. The molecule has 0 aromatic heterocycles. The Morgan fingerprint density at radius 2 is 1.72 bits per heavy atom. The number of amides is 1. The van der Waals surface area contributed by atoms with Crippen LogP contribution in [0.4, 0.5) is 10.1 Å². The molecule has 1 N–H and O–H groups in total. The molecule has 1 atom stereocenters. The number of sulfonamides is 1. The maximum Gasteiger partial charge on any atom is 0.251 e. The van der Waals surface area contributed by atoms with Gasteiger partial charge in [-0.3, -0.25) is 4.79 Å². The Morgan fingerprint density at radius 3 is 2.52 bits per heavy atom. The van der Waals surface area contributed by atoms with Crippen molar-refractivity contribution < 1.29 is 17.6 Å². The van der Waals surface area contributed by atoms with Crippen molar-refractivity contribution >= 4 is 21.6 Å². The van der Waals surface area contributed by atoms with Crippen LogP contribution in [-0.4, -0.2) is 14.3 Å². The molecule has 1 aliphatic rings. The Balaban J connectivity index is 1.57. The number of benzene rings is 3. The highest BCUT2D eigenvalue weighted by atomic mass is 32.2. The zero-order valence-corrected chi connectivity index (χ0v) is 16.2. The molecule has 1 amide bonds. The molecule has 1 unspecified atom stereocenters. The minimum absolute atomic E-state index is 0.0672. The van der Waals surface area contributed by atoms with E-state index in [0.29, 0.717) is 0 Å². The van der Waals surface area contributed by atoms with Gasteiger partial charge in [0.1, 0.15) is 15.8 Å². The quantitative estimate of drug-likeness (QED) is 0.667. The molecule has 0 radical (unpaired) electrons. The lowest BCUT2D eigenvalue weighted by molar-refractivity contribution is 0.0936. The van der Waals surface area contributed by atoms with Gasteiger partial charge in [0.05, 0.1) is 10.9 Å². The van der Waals surface area contributed by atoms with Gasteiger partial charge in [-0.05, 0) is 42.2 Å². The van der Waals surface area contributed by atoms with Gasteiger partial charge in [0.15, 0.2) is 0 Å². The molecule has 0 fully saturated rings. The van der Waals surface area contributed by atoms with Crippen LogP contribution in [-0.2, 0) is 16.4 Å². The molecule has 0 aliphatic heterocycles. The second kappa shape index (κ2) is 7.67. The number of carbonyl (C=O) groups is 1. The summed E-state index contributed by atoms with van der Waals surface area (Å²) >= 11 is 0. The van der Waals surface area contributed by atoms with Crippen molar-refractivity contribution in [3.8, 4) is 0 Å². The summed E-state index contributed by atoms with van der Waals surface area (Å²) in [6.07, 6.45) is 1.63. The average molecular weight is 409 g/mol. The van der Waals surface area contributed by atoms with Crippen LogP contribution in [0, 0.1) is 5.82 Å². The lowest BCUT2D eigenvalue weighted by Crippen LogP contribution is -2.27. The monoisotopic (exact) mass is 409 g/mol. The molecule has 148 valence electrons. The summed E-state index contributed by atoms with van der Waals surface area (Å²) in [5, 5.41) is 2.91. The number of rotatable bonds is 5. The fraction of sp³-hybridized carbons (Fsp3) is 0.136. The van der Waals surface area contributed by atoms with Gasteiger partial charge in [-0.25, -0.2) is 12.8 Å². The van der Waals surface area contributed by atoms with Crippen LogP contribution in [0.25, 0.3) is 4.72 Å². The Labute approximate surface area is 168 Å². The Bertz CT molecular complexity index is 1160. The van der Waals surface area contributed by atoms with E-state index in [9.17, 15) is 17.6 Å². The molecule has 0 spiro atoms. The van der Waals surface area contributed by atoms with Crippen LogP contribution in [0.2, 0.25) is 0 Å². The van der Waals surface area contributed by atoms with E-state index < -0.39 is 26.6 Å². The number of carbonyl (C=O) groups excluding carboxylic acids is 1. The number of fused-ring (bicyclic) bond motifs is 1. The molecule has 3 aromatic carbocycles. The van der Waals surface area contributed by atoms with E-state index in [1.54, 1.807) is 18.2 Å². The summed E-state index contributed by atoms with van der Waals surface area (Å²) in [4.78, 5) is 12.1. The van der Waals surface area contributed by atoms with Crippen molar-refractivity contribution in [3.63, 3.8) is 0 Å². The SMILES string of the molecule is O=C(NC1CCc2ccccc21)c1ccc(F)c(S(=O)(=O)[N-]c2ccccc2)c1. The Hall–Kier alpha value is -3.19. The number of halogens is 1. The van der Waals surface area contributed by atoms with Crippen LogP contribution in [0.5, 0.6) is 0 Å². The van der Waals surface area contributed by atoms with Gasteiger partial charge in [-0.1, -0.05) is 54.6 Å². The first-order chi connectivity index (χ1) is 13.9. The lowest BCUT2D eigenvalue weighted by Gasteiger charge is -2.22. The number of nitrogens with zero attached hydrogens (tertiary/aromatic N) is 1. The molecular formula is C22H18FN2O3S-. The minimum Gasteiger partial charge on any atom is -0.573 e. The number of nitrogens with one attached hydrogen (secondary N) is 1. The van der Waals surface area contributed by atoms with Crippen molar-refractivity contribution in [2.24, 2.45) is 0 Å². The summed E-state index contributed by atoms with van der Waals surface area (Å²) in [7, 11) is -4.31. The van der Waals surface area contributed by atoms with Crippen molar-refractivity contribution in [2.75, 3.05) is 0 Å². The first-order valence-corrected chi connectivity index (χ1v) is 10.6. The number of aryl methyl sites for hydroxylation is 1. The van der Waals surface area contributed by atoms with Gasteiger partial charge in [-0.2, -0.15) is 0 Å². The van der Waals surface area contributed by atoms with Gasteiger partial charge in [0.2, 0.25) is 0 Å². The van der Waals surface area contributed by atoms with E-state index in [4.69, 9.17) is 0 Å². The summed E-state index contributed by atoms with van der Waals surface area (Å²) in [6, 6.07) is 19.0. The first-order valence-electron chi connectivity index (χ1n) is 9.15. The smallest absolute Gasteiger partial charge is 0.251 e. The zero-order chi connectivity index (χ0) is 20.4. The van der Waals surface area contributed by atoms with Crippen LogP contribution in [0.1, 0.15) is 33.9 Å². The second-order valence-electron chi connectivity index (χ2n) is 6.81. The highest BCUT2D eigenvalue weighted by molar-refractivity contribution is 7.94. The zero-order valence-electron chi connectivity index (χ0n) is 15.4. The van der Waals surface area contributed by atoms with Crippen LogP contribution < -0.4 is 5.32 Å². The van der Waals surface area contributed by atoms with Crippen LogP contribution in [0.15, 0.2) is 77.7 Å².